The van der Waals surface area contributed by atoms with Crippen LogP contribution in [0.5, 0.6) is 0 Å². The Labute approximate surface area is 125 Å². The van der Waals surface area contributed by atoms with Crippen molar-refractivity contribution in [3.8, 4) is 0 Å². The number of anilines is 1. The van der Waals surface area contributed by atoms with Crippen molar-refractivity contribution in [2.24, 2.45) is 0 Å². The topological polar surface area (TPSA) is 70.2 Å². The molecule has 0 atom stereocenters. The smallest absolute Gasteiger partial charge is 0.240 e. The van der Waals surface area contributed by atoms with Gasteiger partial charge in [-0.3, -0.25) is 0 Å². The molecule has 0 bridgehead atoms. The Hall–Kier alpha value is -1.44. The van der Waals surface area contributed by atoms with Gasteiger partial charge in [0, 0.05) is 18.3 Å². The lowest BCUT2D eigenvalue weighted by Crippen LogP contribution is -2.30. The quantitative estimate of drug-likeness (QED) is 0.552. The second-order valence-corrected chi connectivity index (χ2v) is 6.55. The van der Waals surface area contributed by atoms with Gasteiger partial charge in [-0.2, -0.15) is 0 Å². The molecule has 0 radical (unpaired) electrons. The molecular weight excluding hydrogens is 294 g/mol. The fourth-order valence-corrected chi connectivity index (χ4v) is 2.89. The molecule has 1 rings (SSSR count). The van der Waals surface area contributed by atoms with Crippen LogP contribution in [0.25, 0.3) is 0 Å². The first-order valence-electron chi connectivity index (χ1n) is 6.13. The molecule has 0 amide bonds. The van der Waals surface area contributed by atoms with Crippen LogP contribution < -0.4 is 15.4 Å². The molecule has 20 heavy (non-hydrogen) atoms. The molecule has 110 valence electrons. The van der Waals surface area contributed by atoms with Crippen molar-refractivity contribution in [1.29, 1.82) is 0 Å². The summed E-state index contributed by atoms with van der Waals surface area (Å²) < 4.78 is 26.4. The molecular formula is C13H19N3O2S2. The average Bonchev–Trinajstić information content (AvgIpc) is 2.35. The van der Waals surface area contributed by atoms with E-state index in [4.69, 9.17) is 12.2 Å². The largest absolute Gasteiger partial charge is 0.359 e. The fraction of sp³-hybridized carbons (Fsp3) is 0.308. The van der Waals surface area contributed by atoms with Gasteiger partial charge in [0.2, 0.25) is 10.0 Å². The molecule has 0 aliphatic carbocycles. The van der Waals surface area contributed by atoms with Gasteiger partial charge < -0.3 is 10.6 Å². The SMILES string of the molecule is C=CCNC(=S)Nc1ccc(S(=O)(=O)NC(C)C)cc1. The number of rotatable bonds is 6. The highest BCUT2D eigenvalue weighted by Gasteiger charge is 2.14. The van der Waals surface area contributed by atoms with E-state index in [1.54, 1.807) is 32.1 Å². The highest BCUT2D eigenvalue weighted by atomic mass is 32.2. The van der Waals surface area contributed by atoms with Crippen LogP contribution in [0.3, 0.4) is 0 Å². The highest BCUT2D eigenvalue weighted by Crippen LogP contribution is 2.14. The summed E-state index contributed by atoms with van der Waals surface area (Å²) in [5.74, 6) is 0. The standard InChI is InChI=1S/C13H19N3O2S2/c1-4-9-14-13(19)15-11-5-7-12(8-6-11)20(17,18)16-10(2)3/h4-8,10,16H,1,9H2,2-3H3,(H2,14,15,19). The molecule has 0 unspecified atom stereocenters. The minimum Gasteiger partial charge on any atom is -0.359 e. The van der Waals surface area contributed by atoms with E-state index in [9.17, 15) is 8.42 Å². The van der Waals surface area contributed by atoms with Crippen molar-refractivity contribution in [3.63, 3.8) is 0 Å². The first kappa shape index (κ1) is 16.6. The molecule has 3 N–H and O–H groups in total. The monoisotopic (exact) mass is 313 g/mol. The normalized spacial score (nSPS) is 11.2. The molecule has 0 heterocycles. The van der Waals surface area contributed by atoms with Crippen LogP contribution in [-0.4, -0.2) is 26.1 Å². The number of hydrogen-bond donors (Lipinski definition) is 3. The average molecular weight is 313 g/mol. The lowest BCUT2D eigenvalue weighted by atomic mass is 10.3. The van der Waals surface area contributed by atoms with Crippen molar-refractivity contribution < 1.29 is 8.42 Å². The summed E-state index contributed by atoms with van der Waals surface area (Å²) in [6, 6.07) is 6.24. The molecule has 5 nitrogen and oxygen atoms in total. The number of nitrogens with one attached hydrogen (secondary N) is 3. The summed E-state index contributed by atoms with van der Waals surface area (Å²) >= 11 is 5.06. The van der Waals surface area contributed by atoms with E-state index in [0.29, 0.717) is 11.7 Å². The zero-order chi connectivity index (χ0) is 15.2. The Bertz CT molecular complexity index is 566. The van der Waals surface area contributed by atoms with Crippen molar-refractivity contribution in [2.45, 2.75) is 24.8 Å². The van der Waals surface area contributed by atoms with Crippen LogP contribution in [-0.2, 0) is 10.0 Å². The molecule has 7 heteroatoms. The summed E-state index contributed by atoms with van der Waals surface area (Å²) in [7, 11) is -3.46. The first-order valence-corrected chi connectivity index (χ1v) is 8.02. The molecule has 0 saturated carbocycles. The van der Waals surface area contributed by atoms with Crippen LogP contribution in [0.15, 0.2) is 41.8 Å². The summed E-state index contributed by atoms with van der Waals surface area (Å²) in [5.41, 5.74) is 0.718. The van der Waals surface area contributed by atoms with E-state index >= 15 is 0 Å². The Kier molecular flexibility index (Phi) is 6.12. The number of benzene rings is 1. The highest BCUT2D eigenvalue weighted by molar-refractivity contribution is 7.89. The van der Waals surface area contributed by atoms with Gasteiger partial charge in [-0.1, -0.05) is 6.08 Å². The molecule has 0 fully saturated rings. The maximum Gasteiger partial charge on any atom is 0.240 e. The van der Waals surface area contributed by atoms with E-state index < -0.39 is 10.0 Å². The minimum absolute atomic E-state index is 0.145. The zero-order valence-corrected chi connectivity index (χ0v) is 13.1. The van der Waals surface area contributed by atoms with Crippen LogP contribution in [0.1, 0.15) is 13.8 Å². The van der Waals surface area contributed by atoms with Gasteiger partial charge in [0.05, 0.1) is 4.90 Å². The van der Waals surface area contributed by atoms with E-state index in [-0.39, 0.29) is 10.9 Å². The van der Waals surface area contributed by atoms with Crippen molar-refractivity contribution >= 4 is 33.0 Å². The summed E-state index contributed by atoms with van der Waals surface area (Å²) in [6.07, 6.45) is 1.70. The Morgan fingerprint density at radius 2 is 1.95 bits per heavy atom. The van der Waals surface area contributed by atoms with Crippen LogP contribution in [0, 0.1) is 0 Å². The number of thiocarbonyl (C=S) groups is 1. The van der Waals surface area contributed by atoms with E-state index in [0.717, 1.165) is 5.69 Å². The van der Waals surface area contributed by atoms with Gasteiger partial charge in [0.25, 0.3) is 0 Å². The maximum absolute atomic E-state index is 11.9. The molecule has 1 aromatic carbocycles. The number of hydrogen-bond acceptors (Lipinski definition) is 3. The molecule has 0 aliphatic heterocycles. The third-order valence-corrected chi connectivity index (χ3v) is 4.14. The molecule has 0 aliphatic rings. The maximum atomic E-state index is 11.9. The van der Waals surface area contributed by atoms with Crippen LogP contribution in [0.2, 0.25) is 0 Å². The van der Waals surface area contributed by atoms with Crippen molar-refractivity contribution in [3.05, 3.63) is 36.9 Å². The summed E-state index contributed by atoms with van der Waals surface area (Å²) in [6.45, 7) is 7.69. The first-order chi connectivity index (χ1) is 9.35. The van der Waals surface area contributed by atoms with Crippen LogP contribution >= 0.6 is 12.2 Å². The second-order valence-electron chi connectivity index (χ2n) is 4.42. The lowest BCUT2D eigenvalue weighted by molar-refractivity contribution is 0.570. The van der Waals surface area contributed by atoms with Gasteiger partial charge >= 0.3 is 0 Å². The zero-order valence-electron chi connectivity index (χ0n) is 11.5. The van der Waals surface area contributed by atoms with Crippen molar-refractivity contribution in [2.75, 3.05) is 11.9 Å². The Balaban J connectivity index is 2.74. The van der Waals surface area contributed by atoms with E-state index in [1.165, 1.54) is 12.1 Å². The summed E-state index contributed by atoms with van der Waals surface area (Å²) in [4.78, 5) is 0.224. The minimum atomic E-state index is -3.46. The van der Waals surface area contributed by atoms with Crippen LogP contribution in [0.4, 0.5) is 5.69 Å². The van der Waals surface area contributed by atoms with Gasteiger partial charge in [-0.05, 0) is 50.3 Å². The lowest BCUT2D eigenvalue weighted by Gasteiger charge is -2.11. The van der Waals surface area contributed by atoms with E-state index in [1.807, 2.05) is 0 Å². The Morgan fingerprint density at radius 3 is 2.45 bits per heavy atom. The Morgan fingerprint density at radius 1 is 1.35 bits per heavy atom. The third kappa shape index (κ3) is 5.28. The second kappa shape index (κ2) is 7.37. The van der Waals surface area contributed by atoms with Gasteiger partial charge in [-0.15, -0.1) is 6.58 Å². The molecule has 0 spiro atoms. The van der Waals surface area contributed by atoms with Gasteiger partial charge in [0.1, 0.15) is 0 Å². The van der Waals surface area contributed by atoms with E-state index in [2.05, 4.69) is 21.9 Å². The molecule has 1 aromatic rings. The fourth-order valence-electron chi connectivity index (χ4n) is 1.44. The predicted octanol–water partition coefficient (Wildman–Crippen LogP) is 1.85. The van der Waals surface area contributed by atoms with Gasteiger partial charge in [-0.25, -0.2) is 13.1 Å². The van der Waals surface area contributed by atoms with Crippen molar-refractivity contribution in [1.82, 2.24) is 10.0 Å². The molecule has 0 saturated heterocycles. The van der Waals surface area contributed by atoms with Gasteiger partial charge in [0.15, 0.2) is 5.11 Å². The predicted molar refractivity (Wildman–Crippen MR) is 86.3 cm³/mol. The summed E-state index contributed by atoms with van der Waals surface area (Å²) in [5, 5.41) is 6.34. The number of sulfonamides is 1. The molecule has 0 aromatic heterocycles. The third-order valence-electron chi connectivity index (χ3n) is 2.22.